The third-order valence-corrected chi connectivity index (χ3v) is 7.23. The van der Waals surface area contributed by atoms with E-state index in [2.05, 4.69) is 0 Å². The van der Waals surface area contributed by atoms with E-state index in [0.717, 1.165) is 17.1 Å². The van der Waals surface area contributed by atoms with Crippen LogP contribution in [0.2, 0.25) is 0 Å². The summed E-state index contributed by atoms with van der Waals surface area (Å²) in [6, 6.07) is 11.1. The first-order valence-corrected chi connectivity index (χ1v) is 10.8. The maximum atomic E-state index is 12.3. The first kappa shape index (κ1) is 20.5. The van der Waals surface area contributed by atoms with Crippen LogP contribution in [0.15, 0.2) is 42.5 Å². The minimum Gasteiger partial charge on any atom is -0.497 e. The van der Waals surface area contributed by atoms with Crippen molar-refractivity contribution >= 4 is 35.6 Å². The zero-order chi connectivity index (χ0) is 19.9. The van der Waals surface area contributed by atoms with Crippen molar-refractivity contribution in [3.63, 3.8) is 0 Å². The van der Waals surface area contributed by atoms with Gasteiger partial charge in [-0.05, 0) is 42.0 Å². The summed E-state index contributed by atoms with van der Waals surface area (Å²) in [5.41, 5.74) is 1.89. The van der Waals surface area contributed by atoms with Gasteiger partial charge in [0.2, 0.25) is 0 Å². The number of thioether (sulfide) groups is 2. The number of ether oxygens (including phenoxy) is 4. The monoisotopic (exact) mass is 418 g/mol. The summed E-state index contributed by atoms with van der Waals surface area (Å²) in [4.78, 5) is 12.3. The molecule has 0 N–H and O–H groups in total. The van der Waals surface area contributed by atoms with Crippen molar-refractivity contribution in [2.45, 2.75) is 4.58 Å². The predicted molar refractivity (Wildman–Crippen MR) is 115 cm³/mol. The molecule has 28 heavy (non-hydrogen) atoms. The lowest BCUT2D eigenvalue weighted by molar-refractivity contribution is -0.129. The molecule has 2 aromatic carbocycles. The summed E-state index contributed by atoms with van der Waals surface area (Å²) in [6.07, 6.45) is 2.99. The van der Waals surface area contributed by atoms with E-state index in [1.54, 1.807) is 51.7 Å². The number of methoxy groups -OCH3 is 3. The second-order valence-corrected chi connectivity index (χ2v) is 8.57. The van der Waals surface area contributed by atoms with Gasteiger partial charge in [0.05, 0.1) is 25.9 Å². The summed E-state index contributed by atoms with van der Waals surface area (Å²) < 4.78 is 21.8. The lowest BCUT2D eigenvalue weighted by atomic mass is 10.1. The summed E-state index contributed by atoms with van der Waals surface area (Å²) in [6.45, 7) is 0. The maximum absolute atomic E-state index is 12.3. The summed E-state index contributed by atoms with van der Waals surface area (Å²) in [5.74, 6) is 4.05. The number of carbonyl (C=O) groups excluding carboxylic acids is 1. The SMILES string of the molecule is COc1ccc(OC)c(/C=C/C(=O)Oc2ccc(C3SCCS3)cc2OC)c1. The van der Waals surface area contributed by atoms with E-state index in [4.69, 9.17) is 18.9 Å². The van der Waals surface area contributed by atoms with Gasteiger partial charge in [-0.25, -0.2) is 4.79 Å². The van der Waals surface area contributed by atoms with Crippen LogP contribution in [0, 0.1) is 0 Å². The van der Waals surface area contributed by atoms with Crippen LogP contribution >= 0.6 is 23.5 Å². The number of esters is 1. The van der Waals surface area contributed by atoms with Crippen LogP contribution in [-0.4, -0.2) is 38.8 Å². The molecule has 0 bridgehead atoms. The molecule has 0 aliphatic carbocycles. The second kappa shape index (κ2) is 9.80. The van der Waals surface area contributed by atoms with E-state index < -0.39 is 5.97 Å². The Kier molecular flexibility index (Phi) is 7.17. The predicted octanol–water partition coefficient (Wildman–Crippen LogP) is 4.81. The number of rotatable bonds is 7. The third kappa shape index (κ3) is 4.97. The molecule has 7 heteroatoms. The molecule has 2 aromatic rings. The Hall–Kier alpha value is -2.25. The van der Waals surface area contributed by atoms with Crippen molar-refractivity contribution in [3.05, 3.63) is 53.6 Å². The smallest absolute Gasteiger partial charge is 0.336 e. The average Bonchev–Trinajstić information content (AvgIpc) is 3.27. The Labute approximate surface area is 173 Å². The zero-order valence-corrected chi connectivity index (χ0v) is 17.6. The van der Waals surface area contributed by atoms with Gasteiger partial charge < -0.3 is 18.9 Å². The number of hydrogen-bond acceptors (Lipinski definition) is 7. The van der Waals surface area contributed by atoms with Crippen molar-refractivity contribution in [3.8, 4) is 23.0 Å². The molecular weight excluding hydrogens is 396 g/mol. The van der Waals surface area contributed by atoms with Crippen molar-refractivity contribution in [1.29, 1.82) is 0 Å². The minimum absolute atomic E-state index is 0.395. The van der Waals surface area contributed by atoms with E-state index >= 15 is 0 Å². The van der Waals surface area contributed by atoms with Gasteiger partial charge in [0.1, 0.15) is 11.5 Å². The first-order chi connectivity index (χ1) is 13.6. The second-order valence-electron chi connectivity index (χ2n) is 5.85. The average molecular weight is 419 g/mol. The molecule has 1 saturated heterocycles. The van der Waals surface area contributed by atoms with Crippen molar-refractivity contribution in [1.82, 2.24) is 0 Å². The molecule has 1 aliphatic rings. The summed E-state index contributed by atoms with van der Waals surface area (Å²) >= 11 is 3.83. The molecule has 0 amide bonds. The lowest BCUT2D eigenvalue weighted by Gasteiger charge is -2.13. The van der Waals surface area contributed by atoms with E-state index in [0.29, 0.717) is 27.6 Å². The molecule has 1 heterocycles. The third-order valence-electron chi connectivity index (χ3n) is 4.13. The number of hydrogen-bond donors (Lipinski definition) is 0. The molecule has 0 atom stereocenters. The van der Waals surface area contributed by atoms with E-state index in [1.165, 1.54) is 11.6 Å². The fourth-order valence-electron chi connectivity index (χ4n) is 2.74. The van der Waals surface area contributed by atoms with E-state index in [9.17, 15) is 4.79 Å². The van der Waals surface area contributed by atoms with Gasteiger partial charge in [-0.2, -0.15) is 0 Å². The van der Waals surface area contributed by atoms with E-state index in [1.807, 2.05) is 35.7 Å². The molecule has 5 nitrogen and oxygen atoms in total. The van der Waals surface area contributed by atoms with Gasteiger partial charge >= 0.3 is 5.97 Å². The van der Waals surface area contributed by atoms with Gasteiger partial charge in [-0.3, -0.25) is 0 Å². The zero-order valence-electron chi connectivity index (χ0n) is 16.0. The highest BCUT2D eigenvalue weighted by Crippen LogP contribution is 2.46. The van der Waals surface area contributed by atoms with Gasteiger partial charge in [0.25, 0.3) is 0 Å². The normalized spacial score (nSPS) is 14.2. The largest absolute Gasteiger partial charge is 0.497 e. The van der Waals surface area contributed by atoms with Crippen LogP contribution in [0.25, 0.3) is 6.08 Å². The summed E-state index contributed by atoms with van der Waals surface area (Å²) in [5, 5.41) is 0. The molecule has 1 aliphatic heterocycles. The molecular formula is C21H22O5S2. The fraction of sp³-hybridized carbons (Fsp3) is 0.286. The Morgan fingerprint density at radius 2 is 1.64 bits per heavy atom. The maximum Gasteiger partial charge on any atom is 0.336 e. The lowest BCUT2D eigenvalue weighted by Crippen LogP contribution is -2.05. The highest BCUT2D eigenvalue weighted by molar-refractivity contribution is 8.19. The molecule has 0 saturated carbocycles. The Morgan fingerprint density at radius 3 is 2.32 bits per heavy atom. The molecule has 3 rings (SSSR count). The fourth-order valence-corrected chi connectivity index (χ4v) is 5.57. The van der Waals surface area contributed by atoms with Crippen LogP contribution in [0.1, 0.15) is 15.7 Å². The van der Waals surface area contributed by atoms with Crippen LogP contribution in [-0.2, 0) is 4.79 Å². The molecule has 0 unspecified atom stereocenters. The highest BCUT2D eigenvalue weighted by Gasteiger charge is 2.20. The number of benzene rings is 2. The van der Waals surface area contributed by atoms with Crippen LogP contribution in [0.4, 0.5) is 0 Å². The first-order valence-electron chi connectivity index (χ1n) is 8.67. The quantitative estimate of drug-likeness (QED) is 0.363. The molecule has 0 spiro atoms. The molecule has 0 aromatic heterocycles. The van der Waals surface area contributed by atoms with Crippen molar-refractivity contribution in [2.24, 2.45) is 0 Å². The highest BCUT2D eigenvalue weighted by atomic mass is 32.2. The number of carbonyl (C=O) groups is 1. The van der Waals surface area contributed by atoms with Gasteiger partial charge in [0, 0.05) is 23.1 Å². The van der Waals surface area contributed by atoms with Crippen LogP contribution in [0.3, 0.4) is 0 Å². The topological polar surface area (TPSA) is 54.0 Å². The Balaban J connectivity index is 1.73. The van der Waals surface area contributed by atoms with Crippen LogP contribution < -0.4 is 18.9 Å². The Bertz CT molecular complexity index is 860. The molecule has 0 radical (unpaired) electrons. The van der Waals surface area contributed by atoms with Crippen molar-refractivity contribution < 1.29 is 23.7 Å². The Morgan fingerprint density at radius 1 is 0.929 bits per heavy atom. The van der Waals surface area contributed by atoms with E-state index in [-0.39, 0.29) is 0 Å². The van der Waals surface area contributed by atoms with Gasteiger partial charge in [0.15, 0.2) is 11.5 Å². The van der Waals surface area contributed by atoms with Gasteiger partial charge in [-0.15, -0.1) is 23.5 Å². The molecule has 148 valence electrons. The van der Waals surface area contributed by atoms with Crippen LogP contribution in [0.5, 0.6) is 23.0 Å². The molecule has 1 fully saturated rings. The summed E-state index contributed by atoms with van der Waals surface area (Å²) in [7, 11) is 4.73. The van der Waals surface area contributed by atoms with Gasteiger partial charge in [-0.1, -0.05) is 6.07 Å². The standard InChI is InChI=1S/C21H22O5S2/c1-23-16-6-8-17(24-2)14(12-16)5-9-20(22)26-18-7-4-15(13-19(18)25-3)21-27-10-11-28-21/h4-9,12-13,21H,10-11H2,1-3H3/b9-5+. The van der Waals surface area contributed by atoms with Crippen molar-refractivity contribution in [2.75, 3.05) is 32.8 Å². The minimum atomic E-state index is -0.500.